The summed E-state index contributed by atoms with van der Waals surface area (Å²) in [5, 5.41) is 12.1. The fraction of sp³-hybridized carbons (Fsp3) is 0.600. The van der Waals surface area contributed by atoms with Crippen LogP contribution in [0.1, 0.15) is 30.8 Å². The molecule has 1 aromatic rings. The molecule has 82 valence electrons. The Kier molecular flexibility index (Phi) is 2.48. The topological polar surface area (TPSA) is 67.2 Å². The lowest BCUT2D eigenvalue weighted by molar-refractivity contribution is -0.139. The number of imidazole rings is 1. The Morgan fingerprint density at radius 3 is 3.13 bits per heavy atom. The molecule has 2 N–H and O–H groups in total. The largest absolute Gasteiger partial charge is 0.480 e. The predicted molar refractivity (Wildman–Crippen MR) is 54.5 cm³/mol. The molecule has 2 rings (SSSR count). The number of fused-ring (bicyclic) bond motifs is 1. The maximum atomic E-state index is 10.9. The average molecular weight is 209 g/mol. The Labute approximate surface area is 88.1 Å². The lowest BCUT2D eigenvalue weighted by Gasteiger charge is -2.28. The lowest BCUT2D eigenvalue weighted by Crippen LogP contribution is -2.45. The van der Waals surface area contributed by atoms with Crippen molar-refractivity contribution in [3.63, 3.8) is 0 Å². The molecule has 1 aliphatic rings. The minimum Gasteiger partial charge on any atom is -0.480 e. The highest BCUT2D eigenvalue weighted by Gasteiger charge is 2.32. The predicted octanol–water partition coefficient (Wildman–Crippen LogP) is 0.470. The summed E-state index contributed by atoms with van der Waals surface area (Å²) < 4.78 is 1.97. The van der Waals surface area contributed by atoms with Gasteiger partial charge in [0.05, 0.1) is 17.7 Å². The van der Waals surface area contributed by atoms with Gasteiger partial charge in [0, 0.05) is 19.5 Å². The third-order valence-electron chi connectivity index (χ3n) is 2.90. The van der Waals surface area contributed by atoms with Crippen LogP contribution < -0.4 is 5.32 Å². The van der Waals surface area contributed by atoms with E-state index in [-0.39, 0.29) is 6.04 Å². The van der Waals surface area contributed by atoms with Crippen molar-refractivity contribution in [2.45, 2.75) is 31.8 Å². The lowest BCUT2D eigenvalue weighted by atomic mass is 9.97. The fourth-order valence-electron chi connectivity index (χ4n) is 2.14. The maximum Gasteiger partial charge on any atom is 0.321 e. The summed E-state index contributed by atoms with van der Waals surface area (Å²) in [4.78, 5) is 15.2. The molecule has 0 amide bonds. The molecule has 0 spiro atoms. The third-order valence-corrected chi connectivity index (χ3v) is 2.90. The van der Waals surface area contributed by atoms with Crippen LogP contribution in [0.15, 0.2) is 6.33 Å². The Bertz CT molecular complexity index is 386. The molecule has 1 unspecified atom stereocenters. The van der Waals surface area contributed by atoms with Crippen molar-refractivity contribution in [3.05, 3.63) is 17.7 Å². The molecule has 0 radical (unpaired) electrons. The molecule has 2 heterocycles. The van der Waals surface area contributed by atoms with Crippen LogP contribution in [0.3, 0.4) is 0 Å². The second-order valence-electron chi connectivity index (χ2n) is 3.91. The van der Waals surface area contributed by atoms with Crippen LogP contribution in [0.25, 0.3) is 0 Å². The van der Waals surface area contributed by atoms with Crippen LogP contribution in [0.2, 0.25) is 0 Å². The van der Waals surface area contributed by atoms with E-state index in [0.29, 0.717) is 6.42 Å². The summed E-state index contributed by atoms with van der Waals surface area (Å²) in [6.07, 6.45) is 3.09. The summed E-state index contributed by atoms with van der Waals surface area (Å²) >= 11 is 0. The Hall–Kier alpha value is -1.36. The summed E-state index contributed by atoms with van der Waals surface area (Å²) in [5.74, 6) is -0.801. The van der Waals surface area contributed by atoms with E-state index in [4.69, 9.17) is 5.11 Å². The van der Waals surface area contributed by atoms with E-state index < -0.39 is 12.0 Å². The van der Waals surface area contributed by atoms with Gasteiger partial charge in [0.25, 0.3) is 0 Å². The second kappa shape index (κ2) is 3.66. The molecule has 0 saturated carbocycles. The van der Waals surface area contributed by atoms with E-state index >= 15 is 0 Å². The number of aryl methyl sites for hydroxylation is 1. The first kappa shape index (κ1) is 10.2. The van der Waals surface area contributed by atoms with Gasteiger partial charge in [0.2, 0.25) is 0 Å². The molecule has 0 bridgehead atoms. The number of carboxylic acid groups (broad SMARTS) is 1. The van der Waals surface area contributed by atoms with Gasteiger partial charge in [-0.15, -0.1) is 0 Å². The zero-order valence-corrected chi connectivity index (χ0v) is 8.90. The van der Waals surface area contributed by atoms with Gasteiger partial charge in [-0.25, -0.2) is 4.98 Å². The molecular formula is C10H15N3O2. The monoisotopic (exact) mass is 209 g/mol. The highest BCUT2D eigenvalue weighted by molar-refractivity contribution is 5.74. The van der Waals surface area contributed by atoms with E-state index in [9.17, 15) is 4.79 Å². The van der Waals surface area contributed by atoms with Crippen molar-refractivity contribution in [1.29, 1.82) is 0 Å². The normalized spacial score (nSPS) is 24.9. The first-order valence-corrected chi connectivity index (χ1v) is 5.12. The van der Waals surface area contributed by atoms with Crippen LogP contribution in [0, 0.1) is 0 Å². The van der Waals surface area contributed by atoms with E-state index in [2.05, 4.69) is 10.3 Å². The van der Waals surface area contributed by atoms with E-state index in [1.165, 1.54) is 0 Å². The zero-order valence-electron chi connectivity index (χ0n) is 8.90. The van der Waals surface area contributed by atoms with Crippen molar-refractivity contribution < 1.29 is 9.90 Å². The molecule has 0 fully saturated rings. The van der Waals surface area contributed by atoms with Gasteiger partial charge in [0.15, 0.2) is 0 Å². The van der Waals surface area contributed by atoms with Crippen molar-refractivity contribution >= 4 is 5.97 Å². The molecule has 0 aliphatic carbocycles. The minimum atomic E-state index is -0.801. The van der Waals surface area contributed by atoms with Gasteiger partial charge in [-0.1, -0.05) is 6.92 Å². The molecular weight excluding hydrogens is 194 g/mol. The minimum absolute atomic E-state index is 0.0994. The molecule has 1 aliphatic heterocycles. The maximum absolute atomic E-state index is 10.9. The average Bonchev–Trinajstić information content (AvgIpc) is 2.59. The Balaban J connectivity index is 2.35. The van der Waals surface area contributed by atoms with Crippen LogP contribution in [-0.4, -0.2) is 26.7 Å². The van der Waals surface area contributed by atoms with Crippen LogP contribution in [0.4, 0.5) is 0 Å². The van der Waals surface area contributed by atoms with Crippen LogP contribution >= 0.6 is 0 Å². The molecule has 0 saturated heterocycles. The van der Waals surface area contributed by atoms with Crippen LogP contribution in [-0.2, 0) is 18.3 Å². The fourth-order valence-corrected chi connectivity index (χ4v) is 2.14. The molecule has 5 nitrogen and oxygen atoms in total. The molecule has 0 aromatic carbocycles. The quantitative estimate of drug-likeness (QED) is 0.743. The summed E-state index contributed by atoms with van der Waals surface area (Å²) in [6, 6.07) is -0.403. The number of nitrogens with one attached hydrogen (secondary N) is 1. The molecule has 15 heavy (non-hydrogen) atoms. The highest BCUT2D eigenvalue weighted by atomic mass is 16.4. The molecule has 5 heteroatoms. The summed E-state index contributed by atoms with van der Waals surface area (Å²) in [5.41, 5.74) is 2.03. The van der Waals surface area contributed by atoms with Gasteiger partial charge in [-0.3, -0.25) is 10.1 Å². The van der Waals surface area contributed by atoms with Crippen molar-refractivity contribution in [3.8, 4) is 0 Å². The van der Waals surface area contributed by atoms with Gasteiger partial charge in [-0.2, -0.15) is 0 Å². The number of aromatic nitrogens is 2. The number of aliphatic carboxylic acids is 1. The first-order valence-electron chi connectivity index (χ1n) is 5.12. The van der Waals surface area contributed by atoms with Gasteiger partial charge >= 0.3 is 5.97 Å². The number of carboxylic acids is 1. The number of nitrogens with zero attached hydrogens (tertiary/aromatic N) is 2. The van der Waals surface area contributed by atoms with Crippen molar-refractivity contribution in [1.82, 2.24) is 14.9 Å². The third kappa shape index (κ3) is 1.63. The van der Waals surface area contributed by atoms with Crippen molar-refractivity contribution in [2.75, 3.05) is 0 Å². The molecule has 2 atom stereocenters. The number of rotatable bonds is 2. The van der Waals surface area contributed by atoms with Gasteiger partial charge < -0.3 is 9.67 Å². The van der Waals surface area contributed by atoms with Crippen LogP contribution in [0.5, 0.6) is 0 Å². The van der Waals surface area contributed by atoms with E-state index in [1.807, 2.05) is 18.5 Å². The van der Waals surface area contributed by atoms with Crippen molar-refractivity contribution in [2.24, 2.45) is 7.05 Å². The number of carbonyl (C=O) groups is 1. The highest BCUT2D eigenvalue weighted by Crippen LogP contribution is 2.26. The Morgan fingerprint density at radius 2 is 2.53 bits per heavy atom. The van der Waals surface area contributed by atoms with E-state index in [1.54, 1.807) is 6.33 Å². The second-order valence-corrected chi connectivity index (χ2v) is 3.91. The number of hydrogen-bond donors (Lipinski definition) is 2. The number of hydrogen-bond acceptors (Lipinski definition) is 3. The molecule has 1 aromatic heterocycles. The van der Waals surface area contributed by atoms with E-state index in [0.717, 1.165) is 17.8 Å². The van der Waals surface area contributed by atoms with Gasteiger partial charge in [-0.05, 0) is 6.42 Å². The standard InChI is InChI=1S/C10H15N3O2/c1-3-6-9-7(11-5-13(9)2)4-8(12-6)10(14)15/h5-6,8,12H,3-4H2,1-2H3,(H,14,15)/t6?,8-/m1/s1. The first-order chi connectivity index (χ1) is 7.13. The zero-order chi connectivity index (χ0) is 11.0. The summed E-state index contributed by atoms with van der Waals surface area (Å²) in [6.45, 7) is 2.04. The SMILES string of the molecule is CCC1N[C@@H](C(=O)O)Cc2ncn(C)c21. The summed E-state index contributed by atoms with van der Waals surface area (Å²) in [7, 11) is 1.94. The smallest absolute Gasteiger partial charge is 0.321 e. The van der Waals surface area contributed by atoms with Gasteiger partial charge in [0.1, 0.15) is 6.04 Å². The Morgan fingerprint density at radius 1 is 1.80 bits per heavy atom.